The van der Waals surface area contributed by atoms with Crippen LogP contribution in [0, 0.1) is 12.8 Å². The van der Waals surface area contributed by atoms with Gasteiger partial charge in [-0.15, -0.1) is 0 Å². The number of Topliss-reactive ketones (excluding diaryl/α,β-unsaturated/α-hetero) is 1. The number of carbonyl (C=O) groups is 1. The minimum atomic E-state index is 0.123. The molecule has 4 nitrogen and oxygen atoms in total. The van der Waals surface area contributed by atoms with Crippen LogP contribution in [0.5, 0.6) is 0 Å². The number of fused-ring (bicyclic) bond motifs is 1. The van der Waals surface area contributed by atoms with Crippen molar-refractivity contribution in [2.24, 2.45) is 5.92 Å². The lowest BCUT2D eigenvalue weighted by atomic mass is 9.80. The van der Waals surface area contributed by atoms with E-state index in [9.17, 15) is 4.79 Å². The van der Waals surface area contributed by atoms with Gasteiger partial charge in [0.1, 0.15) is 0 Å². The van der Waals surface area contributed by atoms with Crippen molar-refractivity contribution in [3.63, 3.8) is 0 Å². The molecule has 0 fully saturated rings. The van der Waals surface area contributed by atoms with Crippen molar-refractivity contribution in [1.82, 2.24) is 9.97 Å². The van der Waals surface area contributed by atoms with Crippen LogP contribution in [0.15, 0.2) is 23.8 Å². The SMILES string of the molecule is C/C=C(\C=C/CC)C1CC(=O)c2c(C)nc(N)nc2C1.CC.CC. The van der Waals surface area contributed by atoms with Gasteiger partial charge in [-0.05, 0) is 38.2 Å². The highest BCUT2D eigenvalue weighted by Crippen LogP contribution is 2.31. The van der Waals surface area contributed by atoms with Crippen molar-refractivity contribution in [3.8, 4) is 0 Å². The number of anilines is 1. The molecule has 1 aliphatic carbocycles. The topological polar surface area (TPSA) is 68.9 Å². The molecule has 1 unspecified atom stereocenters. The highest BCUT2D eigenvalue weighted by atomic mass is 16.1. The zero-order chi connectivity index (χ0) is 18.7. The molecule has 0 bridgehead atoms. The number of rotatable bonds is 3. The lowest BCUT2D eigenvalue weighted by Crippen LogP contribution is -2.24. The molecule has 1 heterocycles. The third-order valence-electron chi connectivity index (χ3n) is 3.68. The fourth-order valence-electron chi connectivity index (χ4n) is 2.76. The summed E-state index contributed by atoms with van der Waals surface area (Å²) in [5.74, 6) is 0.565. The Labute approximate surface area is 147 Å². The van der Waals surface area contributed by atoms with E-state index in [1.54, 1.807) is 0 Å². The Morgan fingerprint density at radius 3 is 2.38 bits per heavy atom. The summed E-state index contributed by atoms with van der Waals surface area (Å²) in [6, 6.07) is 0. The van der Waals surface area contributed by atoms with Gasteiger partial charge in [0, 0.05) is 6.42 Å². The van der Waals surface area contributed by atoms with Gasteiger partial charge in [-0.2, -0.15) is 0 Å². The second kappa shape index (κ2) is 11.5. The maximum Gasteiger partial charge on any atom is 0.220 e. The van der Waals surface area contributed by atoms with E-state index in [1.807, 2.05) is 41.5 Å². The highest BCUT2D eigenvalue weighted by Gasteiger charge is 2.29. The van der Waals surface area contributed by atoms with Crippen LogP contribution in [0.3, 0.4) is 0 Å². The first-order chi connectivity index (χ1) is 11.6. The van der Waals surface area contributed by atoms with Gasteiger partial charge >= 0.3 is 0 Å². The smallest absolute Gasteiger partial charge is 0.220 e. The molecule has 4 heteroatoms. The van der Waals surface area contributed by atoms with E-state index in [-0.39, 0.29) is 17.6 Å². The van der Waals surface area contributed by atoms with E-state index in [0.29, 0.717) is 17.7 Å². The first kappa shape index (κ1) is 22.0. The predicted octanol–water partition coefficient (Wildman–Crippen LogP) is 5.08. The van der Waals surface area contributed by atoms with Crippen molar-refractivity contribution in [2.45, 2.75) is 67.7 Å². The predicted molar refractivity (Wildman–Crippen MR) is 103 cm³/mol. The summed E-state index contributed by atoms with van der Waals surface area (Å²) in [6.07, 6.45) is 8.57. The van der Waals surface area contributed by atoms with E-state index >= 15 is 0 Å². The molecule has 1 aromatic rings. The Balaban J connectivity index is 0.00000123. The maximum atomic E-state index is 12.4. The molecule has 0 radical (unpaired) electrons. The summed E-state index contributed by atoms with van der Waals surface area (Å²) in [7, 11) is 0. The van der Waals surface area contributed by atoms with Crippen LogP contribution in [0.4, 0.5) is 5.95 Å². The number of allylic oxidation sites excluding steroid dienone is 4. The summed E-state index contributed by atoms with van der Waals surface area (Å²) in [5, 5.41) is 0. The fourth-order valence-corrected chi connectivity index (χ4v) is 2.76. The van der Waals surface area contributed by atoms with Gasteiger partial charge in [-0.1, -0.05) is 52.8 Å². The Bertz CT molecular complexity index is 589. The summed E-state index contributed by atoms with van der Waals surface area (Å²) in [6.45, 7) is 13.9. The lowest BCUT2D eigenvalue weighted by molar-refractivity contribution is 0.0955. The van der Waals surface area contributed by atoms with Gasteiger partial charge in [0.05, 0.1) is 17.0 Å². The number of carbonyl (C=O) groups excluding carboxylic acids is 1. The van der Waals surface area contributed by atoms with Crippen LogP contribution in [0.2, 0.25) is 0 Å². The van der Waals surface area contributed by atoms with Crippen molar-refractivity contribution in [1.29, 1.82) is 0 Å². The summed E-state index contributed by atoms with van der Waals surface area (Å²) >= 11 is 0. The average molecular weight is 332 g/mol. The molecule has 0 saturated carbocycles. The Hall–Kier alpha value is -1.97. The monoisotopic (exact) mass is 331 g/mol. The number of aryl methyl sites for hydroxylation is 1. The van der Waals surface area contributed by atoms with Crippen molar-refractivity contribution in [2.75, 3.05) is 5.73 Å². The third kappa shape index (κ3) is 5.59. The standard InChI is InChI=1S/C16H21N3O.2C2H6/c1-4-6-7-11(5-2)12-8-13-15(14(20)9-12)10(3)18-16(17)19-13;2*1-2/h5-7,12H,4,8-9H2,1-3H3,(H2,17,18,19);2*1-2H3/b7-6-,11-5+;;. The van der Waals surface area contributed by atoms with Crippen LogP contribution >= 0.6 is 0 Å². The largest absolute Gasteiger partial charge is 0.368 e. The Morgan fingerprint density at radius 1 is 1.21 bits per heavy atom. The molecule has 1 aromatic heterocycles. The molecule has 0 aromatic carbocycles. The van der Waals surface area contributed by atoms with E-state index in [2.05, 4.69) is 35.1 Å². The molecule has 1 atom stereocenters. The number of hydrogen-bond acceptors (Lipinski definition) is 4. The maximum absolute atomic E-state index is 12.4. The van der Waals surface area contributed by atoms with E-state index in [1.165, 1.54) is 5.57 Å². The van der Waals surface area contributed by atoms with E-state index in [0.717, 1.165) is 18.5 Å². The molecule has 0 spiro atoms. The minimum absolute atomic E-state index is 0.123. The number of nitrogen functional groups attached to an aromatic ring is 1. The lowest BCUT2D eigenvalue weighted by Gasteiger charge is -2.24. The fraction of sp³-hybridized carbons (Fsp3) is 0.550. The quantitative estimate of drug-likeness (QED) is 0.784. The zero-order valence-corrected chi connectivity index (χ0v) is 16.3. The molecule has 24 heavy (non-hydrogen) atoms. The minimum Gasteiger partial charge on any atom is -0.368 e. The number of ketones is 1. The molecule has 134 valence electrons. The van der Waals surface area contributed by atoms with Gasteiger partial charge in [0.2, 0.25) is 5.95 Å². The van der Waals surface area contributed by atoms with Crippen molar-refractivity contribution >= 4 is 11.7 Å². The van der Waals surface area contributed by atoms with Gasteiger partial charge in [-0.25, -0.2) is 9.97 Å². The average Bonchev–Trinajstić information content (AvgIpc) is 2.58. The van der Waals surface area contributed by atoms with E-state index < -0.39 is 0 Å². The van der Waals surface area contributed by atoms with Crippen molar-refractivity contribution in [3.05, 3.63) is 40.8 Å². The van der Waals surface area contributed by atoms with Gasteiger partial charge in [0.15, 0.2) is 5.78 Å². The third-order valence-corrected chi connectivity index (χ3v) is 3.68. The van der Waals surface area contributed by atoms with Crippen LogP contribution in [0.25, 0.3) is 0 Å². The Kier molecular flexibility index (Phi) is 10.6. The summed E-state index contributed by atoms with van der Waals surface area (Å²) < 4.78 is 0. The van der Waals surface area contributed by atoms with Crippen LogP contribution in [0.1, 0.15) is 76.1 Å². The van der Waals surface area contributed by atoms with Gasteiger partial charge < -0.3 is 5.73 Å². The molecule has 2 rings (SSSR count). The van der Waals surface area contributed by atoms with Gasteiger partial charge in [0.25, 0.3) is 0 Å². The Morgan fingerprint density at radius 2 is 1.83 bits per heavy atom. The second-order valence-electron chi connectivity index (χ2n) is 5.12. The summed E-state index contributed by atoms with van der Waals surface area (Å²) in [5.41, 5.74) is 9.06. The second-order valence-corrected chi connectivity index (χ2v) is 5.12. The van der Waals surface area contributed by atoms with Crippen molar-refractivity contribution < 1.29 is 4.79 Å². The molecule has 0 aliphatic heterocycles. The summed E-state index contributed by atoms with van der Waals surface area (Å²) in [4.78, 5) is 20.7. The number of aromatic nitrogens is 2. The van der Waals surface area contributed by atoms with Crippen LogP contribution in [-0.2, 0) is 6.42 Å². The number of nitrogens with zero attached hydrogens (tertiary/aromatic N) is 2. The molecule has 0 saturated heterocycles. The molecule has 0 amide bonds. The highest BCUT2D eigenvalue weighted by molar-refractivity contribution is 5.99. The molecular formula is C20H33N3O. The van der Waals surface area contributed by atoms with Crippen LogP contribution < -0.4 is 5.73 Å². The number of hydrogen-bond donors (Lipinski definition) is 1. The number of nitrogens with two attached hydrogens (primary N) is 1. The molecular weight excluding hydrogens is 298 g/mol. The zero-order valence-electron chi connectivity index (χ0n) is 16.3. The van der Waals surface area contributed by atoms with Crippen LogP contribution in [-0.4, -0.2) is 15.8 Å². The van der Waals surface area contributed by atoms with E-state index in [4.69, 9.17) is 5.73 Å². The first-order valence-electron chi connectivity index (χ1n) is 9.05. The molecule has 1 aliphatic rings. The van der Waals surface area contributed by atoms with Gasteiger partial charge in [-0.3, -0.25) is 4.79 Å². The molecule has 2 N–H and O–H groups in total. The first-order valence-corrected chi connectivity index (χ1v) is 9.05. The normalized spacial score (nSPS) is 16.7.